The Balaban J connectivity index is 2.82. The molecule has 0 aliphatic heterocycles. The lowest BCUT2D eigenvalue weighted by Gasteiger charge is -1.88. The van der Waals surface area contributed by atoms with E-state index in [4.69, 9.17) is 0 Å². The second-order valence-corrected chi connectivity index (χ2v) is 2.86. The maximum atomic E-state index is 3.39. The van der Waals surface area contributed by atoms with E-state index in [1.165, 1.54) is 25.7 Å². The molecule has 0 bridgehead atoms. The summed E-state index contributed by atoms with van der Waals surface area (Å²) >= 11 is 3.39. The third kappa shape index (κ3) is 8.22. The van der Waals surface area contributed by atoms with Gasteiger partial charge in [-0.2, -0.15) is 0 Å². The molecule has 0 aliphatic carbocycles. The summed E-state index contributed by atoms with van der Waals surface area (Å²) in [5, 5.41) is 1.15. The second-order valence-electron chi connectivity index (χ2n) is 2.06. The summed E-state index contributed by atoms with van der Waals surface area (Å²) in [6.45, 7) is 2.17. The van der Waals surface area contributed by atoms with Gasteiger partial charge in [-0.15, -0.1) is 0 Å². The molecule has 0 aromatic carbocycles. The molecule has 0 aliphatic rings. The van der Waals surface area contributed by atoms with Crippen LogP contribution in [0.4, 0.5) is 0 Å². The molecule has 0 aromatic rings. The summed E-state index contributed by atoms with van der Waals surface area (Å²) in [5.74, 6) is 0. The van der Waals surface area contributed by atoms with Crippen molar-refractivity contribution < 1.29 is 0 Å². The van der Waals surface area contributed by atoms with E-state index in [2.05, 4.69) is 35.0 Å². The fraction of sp³-hybridized carbons (Fsp3) is 0.750. The van der Waals surface area contributed by atoms with Crippen molar-refractivity contribution >= 4 is 15.9 Å². The molecule has 0 N–H and O–H groups in total. The molecule has 9 heavy (non-hydrogen) atoms. The number of hydrogen-bond donors (Lipinski definition) is 0. The van der Waals surface area contributed by atoms with Crippen molar-refractivity contribution in [3.05, 3.63) is 12.2 Å². The van der Waals surface area contributed by atoms with Crippen LogP contribution in [0.15, 0.2) is 12.2 Å². The van der Waals surface area contributed by atoms with Crippen LogP contribution in [0, 0.1) is 0 Å². The number of allylic oxidation sites excluding steroid dienone is 2. The smallest absolute Gasteiger partial charge is 0.00314 e. The summed E-state index contributed by atoms with van der Waals surface area (Å²) < 4.78 is 0. The Morgan fingerprint density at radius 1 is 1.22 bits per heavy atom. The van der Waals surface area contributed by atoms with Crippen LogP contribution in [0.5, 0.6) is 0 Å². The lowest BCUT2D eigenvalue weighted by molar-refractivity contribution is 0.824. The van der Waals surface area contributed by atoms with Gasteiger partial charge in [-0.1, -0.05) is 35.0 Å². The van der Waals surface area contributed by atoms with E-state index in [9.17, 15) is 0 Å². The second kappa shape index (κ2) is 8.22. The molecule has 0 radical (unpaired) electrons. The van der Waals surface area contributed by atoms with Crippen LogP contribution in [0.2, 0.25) is 0 Å². The first-order valence-corrected chi connectivity index (χ1v) is 4.75. The van der Waals surface area contributed by atoms with Crippen molar-refractivity contribution in [2.45, 2.75) is 32.6 Å². The molecule has 0 nitrogen and oxygen atoms in total. The average molecular weight is 191 g/mol. The minimum atomic E-state index is 1.15. The van der Waals surface area contributed by atoms with Gasteiger partial charge in [0, 0.05) is 5.33 Å². The minimum Gasteiger partial charge on any atom is -0.0928 e. The SMILES string of the molecule is CC/C=C/CCCCBr. The molecular formula is C8H15Br. The van der Waals surface area contributed by atoms with Crippen LogP contribution in [0.3, 0.4) is 0 Å². The van der Waals surface area contributed by atoms with Crippen LogP contribution < -0.4 is 0 Å². The maximum Gasteiger partial charge on any atom is 0.00314 e. The lowest BCUT2D eigenvalue weighted by Crippen LogP contribution is -1.72. The van der Waals surface area contributed by atoms with E-state index in [0.29, 0.717) is 0 Å². The highest BCUT2D eigenvalue weighted by Crippen LogP contribution is 1.99. The number of unbranched alkanes of at least 4 members (excludes halogenated alkanes) is 2. The number of rotatable bonds is 5. The fourth-order valence-corrected chi connectivity index (χ4v) is 1.04. The summed E-state index contributed by atoms with van der Waals surface area (Å²) in [4.78, 5) is 0. The number of hydrogen-bond acceptors (Lipinski definition) is 0. The highest BCUT2D eigenvalue weighted by atomic mass is 79.9. The van der Waals surface area contributed by atoms with Crippen LogP contribution in [-0.4, -0.2) is 5.33 Å². The number of halogens is 1. The van der Waals surface area contributed by atoms with Gasteiger partial charge in [0.2, 0.25) is 0 Å². The van der Waals surface area contributed by atoms with E-state index in [0.717, 1.165) is 5.33 Å². The van der Waals surface area contributed by atoms with E-state index in [1.54, 1.807) is 0 Å². The van der Waals surface area contributed by atoms with Crippen LogP contribution in [-0.2, 0) is 0 Å². The van der Waals surface area contributed by atoms with Crippen molar-refractivity contribution in [2.24, 2.45) is 0 Å². The number of alkyl halides is 1. The van der Waals surface area contributed by atoms with Gasteiger partial charge in [-0.25, -0.2) is 0 Å². The Bertz CT molecular complexity index is 67.0. The zero-order valence-corrected chi connectivity index (χ0v) is 7.65. The van der Waals surface area contributed by atoms with Crippen molar-refractivity contribution in [1.82, 2.24) is 0 Å². The molecule has 0 saturated heterocycles. The van der Waals surface area contributed by atoms with Gasteiger partial charge in [0.1, 0.15) is 0 Å². The Morgan fingerprint density at radius 3 is 2.56 bits per heavy atom. The molecule has 0 aromatic heterocycles. The van der Waals surface area contributed by atoms with Gasteiger partial charge < -0.3 is 0 Å². The lowest BCUT2D eigenvalue weighted by atomic mass is 10.2. The summed E-state index contributed by atoms with van der Waals surface area (Å²) in [5.41, 5.74) is 0. The zero-order chi connectivity index (χ0) is 6.95. The summed E-state index contributed by atoms with van der Waals surface area (Å²) in [6, 6.07) is 0. The fourth-order valence-electron chi connectivity index (χ4n) is 0.641. The molecule has 0 amide bonds. The van der Waals surface area contributed by atoms with Crippen molar-refractivity contribution in [1.29, 1.82) is 0 Å². The van der Waals surface area contributed by atoms with E-state index < -0.39 is 0 Å². The normalized spacial score (nSPS) is 10.9. The Morgan fingerprint density at radius 2 is 2.00 bits per heavy atom. The topological polar surface area (TPSA) is 0 Å². The van der Waals surface area contributed by atoms with E-state index >= 15 is 0 Å². The van der Waals surface area contributed by atoms with Gasteiger partial charge in [0.25, 0.3) is 0 Å². The minimum absolute atomic E-state index is 1.15. The van der Waals surface area contributed by atoms with Gasteiger partial charge in [0.05, 0.1) is 0 Å². The third-order valence-corrected chi connectivity index (χ3v) is 1.72. The first-order chi connectivity index (χ1) is 4.41. The van der Waals surface area contributed by atoms with Gasteiger partial charge >= 0.3 is 0 Å². The van der Waals surface area contributed by atoms with Crippen molar-refractivity contribution in [3.8, 4) is 0 Å². The van der Waals surface area contributed by atoms with E-state index in [-0.39, 0.29) is 0 Å². The molecule has 0 rings (SSSR count). The van der Waals surface area contributed by atoms with Gasteiger partial charge in [-0.3, -0.25) is 0 Å². The van der Waals surface area contributed by atoms with Crippen molar-refractivity contribution in [2.75, 3.05) is 5.33 Å². The summed E-state index contributed by atoms with van der Waals surface area (Å²) in [6.07, 6.45) is 9.54. The average Bonchev–Trinajstić information content (AvgIpc) is 1.89. The predicted octanol–water partition coefficient (Wildman–Crippen LogP) is 3.52. The Kier molecular flexibility index (Phi) is 8.42. The predicted molar refractivity (Wildman–Crippen MR) is 47.1 cm³/mol. The molecule has 0 atom stereocenters. The monoisotopic (exact) mass is 190 g/mol. The maximum absolute atomic E-state index is 3.39. The molecule has 0 saturated carbocycles. The quantitative estimate of drug-likeness (QED) is 0.354. The van der Waals surface area contributed by atoms with E-state index in [1.807, 2.05) is 0 Å². The first kappa shape index (κ1) is 9.22. The molecule has 1 heteroatoms. The Labute approximate surface area is 66.5 Å². The largest absolute Gasteiger partial charge is 0.0928 e. The zero-order valence-electron chi connectivity index (χ0n) is 6.07. The summed E-state index contributed by atoms with van der Waals surface area (Å²) in [7, 11) is 0. The molecule has 0 spiro atoms. The van der Waals surface area contributed by atoms with Crippen molar-refractivity contribution in [3.63, 3.8) is 0 Å². The van der Waals surface area contributed by atoms with Gasteiger partial charge in [0.15, 0.2) is 0 Å². The third-order valence-electron chi connectivity index (χ3n) is 1.16. The van der Waals surface area contributed by atoms with Crippen LogP contribution >= 0.6 is 15.9 Å². The highest BCUT2D eigenvalue weighted by Gasteiger charge is 1.80. The molecule has 0 unspecified atom stereocenters. The molecule has 0 fully saturated rings. The molecule has 54 valence electrons. The standard InChI is InChI=1S/C8H15Br/c1-2-3-4-5-6-7-8-9/h3-4H,2,5-8H2,1H3/b4-3+. The van der Waals surface area contributed by atoms with Crippen LogP contribution in [0.1, 0.15) is 32.6 Å². The van der Waals surface area contributed by atoms with Crippen LogP contribution in [0.25, 0.3) is 0 Å². The highest BCUT2D eigenvalue weighted by molar-refractivity contribution is 9.09. The van der Waals surface area contributed by atoms with Gasteiger partial charge in [-0.05, 0) is 25.7 Å². The molecule has 0 heterocycles. The first-order valence-electron chi connectivity index (χ1n) is 3.62. The Hall–Kier alpha value is 0.220. The molecular weight excluding hydrogens is 176 g/mol.